The quantitative estimate of drug-likeness (QED) is 0.0583. The number of anilines is 5. The number of rotatable bonds is 8. The smallest absolute Gasteiger partial charge is 0.399 e. The number of fused-ring (bicyclic) bond motifs is 2. The molecule has 0 atom stereocenters. The third-order valence-electron chi connectivity index (χ3n) is 11.0. The molecular formula is C56H51Cl3F6N10S3. The van der Waals surface area contributed by atoms with Crippen molar-refractivity contribution in [1.29, 1.82) is 0 Å². The van der Waals surface area contributed by atoms with Crippen LogP contribution in [0.5, 0.6) is 0 Å². The number of aryl methyl sites for hydroxylation is 4. The number of pyridine rings is 5. The molecule has 22 heteroatoms. The average Bonchev–Trinajstić information content (AvgIpc) is 3.90. The molecule has 0 aliphatic carbocycles. The lowest BCUT2D eigenvalue weighted by Crippen LogP contribution is -2.04. The maximum Gasteiger partial charge on any atom is 0.416 e. The van der Waals surface area contributed by atoms with Crippen LogP contribution in [0, 0.1) is 27.7 Å². The number of hydrogen-bond acceptors (Lipinski definition) is 11. The number of imidazole rings is 2. The van der Waals surface area contributed by atoms with Crippen molar-refractivity contribution < 1.29 is 26.3 Å². The topological polar surface area (TPSA) is 123 Å². The van der Waals surface area contributed by atoms with Gasteiger partial charge in [0.15, 0.2) is 0 Å². The van der Waals surface area contributed by atoms with Gasteiger partial charge in [0.2, 0.25) is 0 Å². The van der Waals surface area contributed by atoms with Crippen molar-refractivity contribution in [3.63, 3.8) is 0 Å². The monoisotopic (exact) mass is 1180 g/mol. The van der Waals surface area contributed by atoms with Crippen molar-refractivity contribution in [1.82, 2.24) is 33.7 Å². The van der Waals surface area contributed by atoms with Gasteiger partial charge in [-0.2, -0.15) is 26.3 Å². The first kappa shape index (κ1) is 60.6. The number of aromatic nitrogens is 7. The minimum Gasteiger partial charge on any atom is -0.399 e. The molecule has 0 radical (unpaired) electrons. The zero-order valence-corrected chi connectivity index (χ0v) is 47.6. The summed E-state index contributed by atoms with van der Waals surface area (Å²) in [5, 5.41) is 7.24. The van der Waals surface area contributed by atoms with E-state index in [1.165, 1.54) is 47.3 Å². The van der Waals surface area contributed by atoms with Gasteiger partial charge >= 0.3 is 12.4 Å². The summed E-state index contributed by atoms with van der Waals surface area (Å²) in [6, 6.07) is 40.1. The molecule has 10 rings (SSSR count). The SMILES string of the molecule is CSc1cc(Cl)nc(Cl)c1.CSc1cc(Cl)nc(Nc2ccc(C(F)(F)F)cc2)c1.CSc1cc(Nc2ccc(C(F)(F)F)cc2)nc(-c2c(C)nc3ccccn23)c1.Cc1ccc(N)cc1.Cc1nc2ccccn2c1C. The third-order valence-corrected chi connectivity index (χ3v) is 13.7. The van der Waals surface area contributed by atoms with Crippen molar-refractivity contribution >= 4 is 110 Å². The molecule has 0 unspecified atom stereocenters. The highest BCUT2D eigenvalue weighted by atomic mass is 35.5. The Labute approximate surface area is 475 Å². The Morgan fingerprint density at radius 3 is 1.36 bits per heavy atom. The molecule has 0 aliphatic rings. The second-order valence-electron chi connectivity index (χ2n) is 16.6. The molecule has 3 aromatic carbocycles. The summed E-state index contributed by atoms with van der Waals surface area (Å²) < 4.78 is 79.7. The van der Waals surface area contributed by atoms with Crippen LogP contribution in [0.4, 0.5) is 55.0 Å². The second kappa shape index (κ2) is 27.8. The molecule has 78 heavy (non-hydrogen) atoms. The minimum absolute atomic E-state index is 0.325. The van der Waals surface area contributed by atoms with Crippen LogP contribution in [-0.2, 0) is 12.4 Å². The summed E-state index contributed by atoms with van der Waals surface area (Å²) in [4.78, 5) is 24.4. The predicted molar refractivity (Wildman–Crippen MR) is 312 cm³/mol. The molecule has 0 spiro atoms. The Balaban J connectivity index is 0.000000173. The van der Waals surface area contributed by atoms with Crippen LogP contribution in [-0.4, -0.2) is 52.5 Å². The molecule has 0 saturated heterocycles. The average molecular weight is 1180 g/mol. The fourth-order valence-corrected chi connectivity index (χ4v) is 9.27. The molecule has 7 heterocycles. The van der Waals surface area contributed by atoms with Gasteiger partial charge in [-0.1, -0.05) is 64.6 Å². The first-order chi connectivity index (χ1) is 37.0. The number of nitrogens with two attached hydrogens (primary N) is 1. The van der Waals surface area contributed by atoms with E-state index >= 15 is 0 Å². The minimum atomic E-state index is -4.36. The van der Waals surface area contributed by atoms with Crippen molar-refractivity contribution in [3.8, 4) is 11.4 Å². The van der Waals surface area contributed by atoms with Gasteiger partial charge in [-0.25, -0.2) is 24.9 Å². The number of halogens is 9. The third kappa shape index (κ3) is 17.7. The summed E-state index contributed by atoms with van der Waals surface area (Å²) in [7, 11) is 0. The van der Waals surface area contributed by atoms with Gasteiger partial charge in [0.1, 0.15) is 38.4 Å². The summed E-state index contributed by atoms with van der Waals surface area (Å²) in [5.74, 6) is 1.04. The van der Waals surface area contributed by atoms with Crippen LogP contribution in [0.1, 0.15) is 33.8 Å². The maximum absolute atomic E-state index is 12.8. The number of nitrogens with zero attached hydrogens (tertiary/aromatic N) is 7. The highest BCUT2D eigenvalue weighted by Crippen LogP contribution is 2.34. The summed E-state index contributed by atoms with van der Waals surface area (Å²) in [6.07, 6.45) is 1.09. The number of thioether (sulfide) groups is 3. The second-order valence-corrected chi connectivity index (χ2v) is 20.4. The van der Waals surface area contributed by atoms with E-state index in [0.717, 1.165) is 78.7 Å². The van der Waals surface area contributed by atoms with E-state index in [-0.39, 0.29) is 0 Å². The van der Waals surface area contributed by atoms with Crippen LogP contribution in [0.15, 0.2) is 173 Å². The number of alkyl halides is 6. The molecule has 0 amide bonds. The molecule has 0 fully saturated rings. The number of hydrogen-bond donors (Lipinski definition) is 3. The molecule has 7 aromatic heterocycles. The molecular weight excluding hydrogens is 1130 g/mol. The number of nitrogens with one attached hydrogen (secondary N) is 2. The molecule has 406 valence electrons. The number of nitrogen functional groups attached to an aromatic ring is 1. The Kier molecular flexibility index (Phi) is 21.6. The molecule has 0 bridgehead atoms. The van der Waals surface area contributed by atoms with E-state index in [2.05, 4.69) is 41.9 Å². The molecule has 4 N–H and O–H groups in total. The Hall–Kier alpha value is -6.61. The van der Waals surface area contributed by atoms with E-state index in [9.17, 15) is 26.3 Å². The van der Waals surface area contributed by atoms with E-state index in [4.69, 9.17) is 45.5 Å². The largest absolute Gasteiger partial charge is 0.416 e. The van der Waals surface area contributed by atoms with E-state index in [1.54, 1.807) is 47.8 Å². The predicted octanol–water partition coefficient (Wildman–Crippen LogP) is 18.0. The molecule has 10 aromatic rings. The standard InChI is InChI=1S/C21H17F3N4S.C13H10ClF3N2S.C9H10N2.C7H9N.C6H5Cl2NS/c1-13-20(28-10-4-3-5-19(28)25-13)17-11-16(29-2)12-18(27-17)26-15-8-6-14(7-9-15)21(22,23)24;1-20-10-6-11(14)19-12(7-10)18-9-4-2-8(3-5-9)13(15,16)17;1-7-8(2)11-6-4-3-5-9(11)10-7;1-6-2-4-7(8)5-3-6;1-10-4-2-5(7)9-6(8)3-4/h3-12H,1-2H3,(H,26,27);2-7H,1H3,(H,18,19);3-6H,1-2H3;2-5H,8H2,1H3;2-3H,1H3. The van der Waals surface area contributed by atoms with Crippen LogP contribution in [0.25, 0.3) is 22.7 Å². The molecule has 0 aliphatic heterocycles. The van der Waals surface area contributed by atoms with E-state index in [1.807, 2.05) is 129 Å². The van der Waals surface area contributed by atoms with Crippen molar-refractivity contribution in [2.24, 2.45) is 0 Å². The van der Waals surface area contributed by atoms with Crippen molar-refractivity contribution in [3.05, 3.63) is 207 Å². The van der Waals surface area contributed by atoms with E-state index in [0.29, 0.717) is 38.5 Å². The van der Waals surface area contributed by atoms with Crippen LogP contribution >= 0.6 is 70.1 Å². The van der Waals surface area contributed by atoms with Crippen LogP contribution in [0.2, 0.25) is 15.5 Å². The lowest BCUT2D eigenvalue weighted by Gasteiger charge is -2.12. The first-order valence-electron chi connectivity index (χ1n) is 23.2. The highest BCUT2D eigenvalue weighted by molar-refractivity contribution is 7.99. The normalized spacial score (nSPS) is 11.0. The van der Waals surface area contributed by atoms with Crippen molar-refractivity contribution in [2.45, 2.75) is 54.7 Å². The van der Waals surface area contributed by atoms with Gasteiger partial charge < -0.3 is 20.8 Å². The lowest BCUT2D eigenvalue weighted by atomic mass is 10.2. The highest BCUT2D eigenvalue weighted by Gasteiger charge is 2.31. The maximum atomic E-state index is 12.8. The lowest BCUT2D eigenvalue weighted by molar-refractivity contribution is -0.138. The van der Waals surface area contributed by atoms with Crippen LogP contribution < -0.4 is 16.4 Å². The van der Waals surface area contributed by atoms with Crippen molar-refractivity contribution in [2.75, 3.05) is 35.1 Å². The van der Waals surface area contributed by atoms with Gasteiger partial charge in [0, 0.05) is 49.8 Å². The zero-order valence-electron chi connectivity index (χ0n) is 42.8. The van der Waals surface area contributed by atoms with Gasteiger partial charge in [-0.05, 0) is 168 Å². The van der Waals surface area contributed by atoms with Gasteiger partial charge in [-0.3, -0.25) is 4.40 Å². The zero-order chi connectivity index (χ0) is 56.7. The summed E-state index contributed by atoms with van der Waals surface area (Å²) in [6.45, 7) is 8.08. The number of benzene rings is 3. The Morgan fingerprint density at radius 1 is 0.474 bits per heavy atom. The fraction of sp³-hybridized carbons (Fsp3) is 0.161. The van der Waals surface area contributed by atoms with Crippen LogP contribution in [0.3, 0.4) is 0 Å². The summed E-state index contributed by atoms with van der Waals surface area (Å²) in [5.41, 5.74) is 13.8. The summed E-state index contributed by atoms with van der Waals surface area (Å²) >= 11 is 21.8. The van der Waals surface area contributed by atoms with E-state index < -0.39 is 23.5 Å². The van der Waals surface area contributed by atoms with Gasteiger partial charge in [0.05, 0.1) is 33.9 Å². The molecule has 10 nitrogen and oxygen atoms in total. The molecule has 0 saturated carbocycles. The Morgan fingerprint density at radius 2 is 0.897 bits per heavy atom. The Bertz CT molecular complexity index is 3520. The fourth-order valence-electron chi connectivity index (χ4n) is 7.03. The van der Waals surface area contributed by atoms with Gasteiger partial charge in [0.25, 0.3) is 0 Å². The van der Waals surface area contributed by atoms with Gasteiger partial charge in [-0.15, -0.1) is 35.3 Å². The first-order valence-corrected chi connectivity index (χ1v) is 28.0.